The van der Waals surface area contributed by atoms with Crippen molar-refractivity contribution in [3.8, 4) is 0 Å². The maximum Gasteiger partial charge on any atom is 0.305 e. The Labute approximate surface area is 106 Å². The molecule has 1 unspecified atom stereocenters. The van der Waals surface area contributed by atoms with Gasteiger partial charge in [-0.05, 0) is 6.92 Å². The summed E-state index contributed by atoms with van der Waals surface area (Å²) >= 11 is 0. The Balaban J connectivity index is 2.23. The van der Waals surface area contributed by atoms with Gasteiger partial charge in [-0.15, -0.1) is 0 Å². The molecule has 0 saturated carbocycles. The van der Waals surface area contributed by atoms with Crippen LogP contribution in [0, 0.1) is 5.82 Å². The van der Waals surface area contributed by atoms with Gasteiger partial charge < -0.3 is 4.90 Å². The highest BCUT2D eigenvalue weighted by atomic mass is 19.3. The van der Waals surface area contributed by atoms with Crippen molar-refractivity contribution in [1.82, 2.24) is 9.97 Å². The van der Waals surface area contributed by atoms with Crippen molar-refractivity contribution in [3.05, 3.63) is 18.2 Å². The van der Waals surface area contributed by atoms with Crippen molar-refractivity contribution in [2.45, 2.75) is 24.9 Å². The zero-order chi connectivity index (χ0) is 14.3. The molecule has 1 aliphatic rings. The normalized spacial score (nSPS) is 26.3. The van der Waals surface area contributed by atoms with Crippen LogP contribution < -0.4 is 4.90 Å². The fraction of sp³-hybridized carbons (Fsp3) is 0.545. The van der Waals surface area contributed by atoms with Crippen LogP contribution in [0.3, 0.4) is 0 Å². The minimum Gasteiger partial charge on any atom is -0.334 e. The van der Waals surface area contributed by atoms with Crippen LogP contribution in [0.5, 0.6) is 0 Å². The Hall–Kier alpha value is -1.73. The van der Waals surface area contributed by atoms with Gasteiger partial charge in [0.05, 0.1) is 18.9 Å². The monoisotopic (exact) mass is 277 g/mol. The highest BCUT2D eigenvalue weighted by Crippen LogP contribution is 2.41. The Kier molecular flexibility index (Phi) is 3.19. The molecule has 0 spiro atoms. The third-order valence-electron chi connectivity index (χ3n) is 3.14. The van der Waals surface area contributed by atoms with Gasteiger partial charge in [-0.1, -0.05) is 0 Å². The van der Waals surface area contributed by atoms with E-state index in [1.165, 1.54) is 0 Å². The molecule has 0 aliphatic carbocycles. The van der Waals surface area contributed by atoms with Crippen LogP contribution in [0.2, 0.25) is 0 Å². The summed E-state index contributed by atoms with van der Waals surface area (Å²) in [6.45, 7) is -0.357. The van der Waals surface area contributed by atoms with E-state index in [2.05, 4.69) is 9.97 Å². The quantitative estimate of drug-likeness (QED) is 0.773. The number of alkyl halides is 3. The third-order valence-corrected chi connectivity index (χ3v) is 3.14. The maximum atomic E-state index is 14.0. The molecule has 104 valence electrons. The summed E-state index contributed by atoms with van der Waals surface area (Å²) in [5, 5.41) is 0. The largest absolute Gasteiger partial charge is 0.334 e. The van der Waals surface area contributed by atoms with Gasteiger partial charge in [0.15, 0.2) is 11.6 Å². The van der Waals surface area contributed by atoms with E-state index in [0.717, 1.165) is 24.2 Å². The second-order valence-corrected chi connectivity index (χ2v) is 4.43. The lowest BCUT2D eigenvalue weighted by Gasteiger charge is -2.40. The first-order valence-electron chi connectivity index (χ1n) is 5.56. The van der Waals surface area contributed by atoms with Gasteiger partial charge in [0.2, 0.25) is 11.6 Å². The molecule has 1 saturated heterocycles. The number of hydrogen-bond donors (Lipinski definition) is 0. The number of carbonyl (C=O) groups excluding carboxylic acids is 1. The smallest absolute Gasteiger partial charge is 0.305 e. The zero-order valence-corrected chi connectivity index (χ0v) is 10.0. The van der Waals surface area contributed by atoms with Crippen LogP contribution in [0.1, 0.15) is 13.3 Å². The third kappa shape index (κ3) is 2.26. The molecule has 2 heterocycles. The van der Waals surface area contributed by atoms with Crippen molar-refractivity contribution in [2.75, 3.05) is 18.0 Å². The van der Waals surface area contributed by atoms with Crippen LogP contribution in [-0.2, 0) is 4.79 Å². The lowest BCUT2D eigenvalue weighted by atomic mass is 9.86. The Bertz CT molecular complexity index is 493. The van der Waals surface area contributed by atoms with Crippen molar-refractivity contribution in [1.29, 1.82) is 0 Å². The number of anilines is 1. The first-order chi connectivity index (χ1) is 8.76. The standard InChI is InChI=1S/C11H11F4N3O/c1-7(19)10(13)2-3-18(6-11(10,14)15)9-16-4-8(12)5-17-9/h4-5H,2-3,6H2,1H3. The lowest BCUT2D eigenvalue weighted by molar-refractivity contribution is -0.167. The highest BCUT2D eigenvalue weighted by Gasteiger charge is 2.61. The number of rotatable bonds is 2. The van der Waals surface area contributed by atoms with Crippen LogP contribution in [0.15, 0.2) is 12.4 Å². The highest BCUT2D eigenvalue weighted by molar-refractivity contribution is 5.86. The zero-order valence-electron chi connectivity index (χ0n) is 10.0. The molecule has 1 atom stereocenters. The van der Waals surface area contributed by atoms with Gasteiger partial charge in [0.25, 0.3) is 0 Å². The van der Waals surface area contributed by atoms with Crippen LogP contribution >= 0.6 is 0 Å². The van der Waals surface area contributed by atoms with E-state index in [4.69, 9.17) is 0 Å². The minimum atomic E-state index is -3.84. The molecule has 0 radical (unpaired) electrons. The van der Waals surface area contributed by atoms with Crippen molar-refractivity contribution in [2.24, 2.45) is 0 Å². The molecule has 1 aromatic heterocycles. The number of halogens is 4. The molecule has 1 fully saturated rings. The molecule has 8 heteroatoms. The summed E-state index contributed by atoms with van der Waals surface area (Å²) in [6, 6.07) is 0. The minimum absolute atomic E-state index is 0.119. The Morgan fingerprint density at radius 1 is 1.32 bits per heavy atom. The Morgan fingerprint density at radius 2 is 1.89 bits per heavy atom. The molecular weight excluding hydrogens is 266 g/mol. The summed E-state index contributed by atoms with van der Waals surface area (Å²) < 4.78 is 54.1. The number of nitrogens with zero attached hydrogens (tertiary/aromatic N) is 3. The molecule has 0 N–H and O–H groups in total. The average molecular weight is 277 g/mol. The summed E-state index contributed by atoms with van der Waals surface area (Å²) in [7, 11) is 0. The van der Waals surface area contributed by atoms with E-state index >= 15 is 0 Å². The maximum absolute atomic E-state index is 14.0. The van der Waals surface area contributed by atoms with Gasteiger partial charge >= 0.3 is 5.92 Å². The summed E-state index contributed by atoms with van der Waals surface area (Å²) in [4.78, 5) is 19.2. The van der Waals surface area contributed by atoms with Gasteiger partial charge in [-0.2, -0.15) is 0 Å². The Morgan fingerprint density at radius 3 is 2.37 bits per heavy atom. The van der Waals surface area contributed by atoms with Gasteiger partial charge in [0, 0.05) is 13.0 Å². The number of Topliss-reactive ketones (excluding diaryl/α,β-unsaturated/α-hetero) is 1. The molecule has 1 aliphatic heterocycles. The van der Waals surface area contributed by atoms with Crippen LogP contribution in [-0.4, -0.2) is 40.4 Å². The number of ketones is 1. The predicted molar refractivity (Wildman–Crippen MR) is 58.3 cm³/mol. The van der Waals surface area contributed by atoms with Crippen molar-refractivity contribution >= 4 is 11.7 Å². The molecule has 0 aromatic carbocycles. The van der Waals surface area contributed by atoms with Gasteiger partial charge in [-0.3, -0.25) is 4.79 Å². The van der Waals surface area contributed by atoms with Crippen LogP contribution in [0.25, 0.3) is 0 Å². The summed E-state index contributed by atoms with van der Waals surface area (Å²) in [5.41, 5.74) is -3.16. The van der Waals surface area contributed by atoms with Crippen molar-refractivity contribution in [3.63, 3.8) is 0 Å². The first kappa shape index (κ1) is 13.7. The fourth-order valence-electron chi connectivity index (χ4n) is 1.99. The van der Waals surface area contributed by atoms with E-state index in [1.54, 1.807) is 0 Å². The van der Waals surface area contributed by atoms with Crippen molar-refractivity contribution < 1.29 is 22.4 Å². The number of hydrogen-bond acceptors (Lipinski definition) is 4. The second-order valence-electron chi connectivity index (χ2n) is 4.43. The van der Waals surface area contributed by atoms with E-state index < -0.39 is 36.2 Å². The molecular formula is C11H11F4N3O. The molecule has 0 bridgehead atoms. The van der Waals surface area contributed by atoms with E-state index in [-0.39, 0.29) is 12.5 Å². The first-order valence-corrected chi connectivity index (χ1v) is 5.56. The van der Waals surface area contributed by atoms with Gasteiger partial charge in [0.1, 0.15) is 0 Å². The lowest BCUT2D eigenvalue weighted by Crippen LogP contribution is -2.61. The molecule has 19 heavy (non-hydrogen) atoms. The molecule has 1 aromatic rings. The summed E-state index contributed by atoms with van der Waals surface area (Å²) in [6.07, 6.45) is 1.02. The SMILES string of the molecule is CC(=O)C1(F)CCN(c2ncc(F)cn2)CC1(F)F. The van der Waals surface area contributed by atoms with E-state index in [9.17, 15) is 22.4 Å². The van der Waals surface area contributed by atoms with E-state index in [0.29, 0.717) is 0 Å². The predicted octanol–water partition coefficient (Wildman–Crippen LogP) is 1.76. The molecule has 0 amide bonds. The molecule has 4 nitrogen and oxygen atoms in total. The average Bonchev–Trinajstić information content (AvgIpc) is 2.33. The fourth-order valence-corrected chi connectivity index (χ4v) is 1.99. The van der Waals surface area contributed by atoms with E-state index in [1.807, 2.05) is 0 Å². The topological polar surface area (TPSA) is 46.1 Å². The number of aromatic nitrogens is 2. The molecule has 2 rings (SSSR count). The number of piperidine rings is 1. The van der Waals surface area contributed by atoms with Gasteiger partial charge in [-0.25, -0.2) is 27.5 Å². The second kappa shape index (κ2) is 4.43. The number of carbonyl (C=O) groups is 1. The van der Waals surface area contributed by atoms with Crippen LogP contribution in [0.4, 0.5) is 23.5 Å². The summed E-state index contributed by atoms with van der Waals surface area (Å²) in [5.74, 6) is -5.85.